The standard InChI is InChI=1S/C24H43NO2Si2/c1-23(2,3)28(7,8)26-20-15-16-21(18-11-13-19(25)14-12-18)22(17-20)27-29(9,10)24(4,5)6/h15-18,25H,11-14H2,1-10H3. The van der Waals surface area contributed by atoms with Gasteiger partial charge in [-0.1, -0.05) is 47.6 Å². The Hall–Kier alpha value is -1.08. The SMILES string of the molecule is CC(C)(C)[Si](C)(C)Oc1ccc(C2CCC(=N)CC2)c(O[Si](C)(C)C(C)(C)C)c1. The highest BCUT2D eigenvalue weighted by atomic mass is 28.4. The van der Waals surface area contributed by atoms with Gasteiger partial charge in [-0.25, -0.2) is 0 Å². The molecule has 0 bridgehead atoms. The largest absolute Gasteiger partial charge is 0.543 e. The zero-order chi connectivity index (χ0) is 22.3. The molecule has 1 fully saturated rings. The molecule has 1 aliphatic rings. The number of hydrogen-bond donors (Lipinski definition) is 1. The molecule has 0 spiro atoms. The van der Waals surface area contributed by atoms with Gasteiger partial charge in [0, 0.05) is 11.8 Å². The third-order valence-electron chi connectivity index (χ3n) is 7.36. The maximum absolute atomic E-state index is 7.97. The first kappa shape index (κ1) is 24.2. The molecule has 3 nitrogen and oxygen atoms in total. The fourth-order valence-electron chi connectivity index (χ4n) is 3.16. The van der Waals surface area contributed by atoms with E-state index in [0.717, 1.165) is 42.9 Å². The maximum Gasteiger partial charge on any atom is 0.250 e. The molecule has 0 radical (unpaired) electrons. The molecule has 0 saturated heterocycles. The van der Waals surface area contributed by atoms with Crippen LogP contribution < -0.4 is 8.85 Å². The first-order valence-corrected chi connectivity index (χ1v) is 16.9. The molecule has 0 aliphatic heterocycles. The van der Waals surface area contributed by atoms with Crippen LogP contribution in [0.1, 0.15) is 78.7 Å². The van der Waals surface area contributed by atoms with Gasteiger partial charge in [0.2, 0.25) is 16.6 Å². The smallest absolute Gasteiger partial charge is 0.250 e. The molecule has 1 aliphatic carbocycles. The van der Waals surface area contributed by atoms with Crippen molar-refractivity contribution in [2.75, 3.05) is 0 Å². The van der Waals surface area contributed by atoms with Crippen molar-refractivity contribution in [1.29, 1.82) is 5.41 Å². The highest BCUT2D eigenvalue weighted by Crippen LogP contribution is 2.44. The molecule has 0 atom stereocenters. The lowest BCUT2D eigenvalue weighted by atomic mass is 9.83. The van der Waals surface area contributed by atoms with E-state index in [4.69, 9.17) is 14.3 Å². The molecule has 0 amide bonds. The van der Waals surface area contributed by atoms with Crippen molar-refractivity contribution in [3.63, 3.8) is 0 Å². The molecule has 29 heavy (non-hydrogen) atoms. The van der Waals surface area contributed by atoms with E-state index in [9.17, 15) is 0 Å². The molecule has 0 unspecified atom stereocenters. The molecule has 2 rings (SSSR count). The molecular weight excluding hydrogens is 390 g/mol. The van der Waals surface area contributed by atoms with Gasteiger partial charge in [0.25, 0.3) is 0 Å². The van der Waals surface area contributed by atoms with E-state index < -0.39 is 16.6 Å². The summed E-state index contributed by atoms with van der Waals surface area (Å²) in [5.74, 6) is 2.44. The average Bonchev–Trinajstić information content (AvgIpc) is 2.53. The molecule has 1 saturated carbocycles. The van der Waals surface area contributed by atoms with Crippen LogP contribution in [-0.2, 0) is 0 Å². The second-order valence-corrected chi connectivity index (χ2v) is 21.3. The van der Waals surface area contributed by atoms with E-state index >= 15 is 0 Å². The second kappa shape index (κ2) is 8.22. The summed E-state index contributed by atoms with van der Waals surface area (Å²) >= 11 is 0. The minimum Gasteiger partial charge on any atom is -0.543 e. The van der Waals surface area contributed by atoms with Crippen molar-refractivity contribution in [3.8, 4) is 11.5 Å². The van der Waals surface area contributed by atoms with E-state index in [1.807, 2.05) is 0 Å². The Morgan fingerprint density at radius 1 is 0.828 bits per heavy atom. The van der Waals surface area contributed by atoms with E-state index in [-0.39, 0.29) is 10.1 Å². The van der Waals surface area contributed by atoms with Gasteiger partial charge in [-0.15, -0.1) is 0 Å². The molecule has 1 aromatic carbocycles. The summed E-state index contributed by atoms with van der Waals surface area (Å²) in [7, 11) is -3.86. The summed E-state index contributed by atoms with van der Waals surface area (Å²) in [6, 6.07) is 6.55. The highest BCUT2D eigenvalue weighted by molar-refractivity contribution is 6.75. The van der Waals surface area contributed by atoms with Gasteiger partial charge in [-0.2, -0.15) is 0 Å². The lowest BCUT2D eigenvalue weighted by Gasteiger charge is -2.39. The van der Waals surface area contributed by atoms with E-state index in [1.54, 1.807) is 0 Å². The van der Waals surface area contributed by atoms with Gasteiger partial charge in [-0.05, 0) is 79.5 Å². The van der Waals surface area contributed by atoms with Gasteiger partial charge in [0.15, 0.2) is 0 Å². The van der Waals surface area contributed by atoms with Crippen LogP contribution in [0.25, 0.3) is 0 Å². The predicted molar refractivity (Wildman–Crippen MR) is 131 cm³/mol. The summed E-state index contributed by atoms with van der Waals surface area (Å²) in [5, 5.41) is 8.28. The molecule has 1 N–H and O–H groups in total. The molecular formula is C24H43NO2Si2. The monoisotopic (exact) mass is 433 g/mol. The Morgan fingerprint density at radius 3 is 1.79 bits per heavy atom. The van der Waals surface area contributed by atoms with Gasteiger partial charge in [0.05, 0.1) is 0 Å². The van der Waals surface area contributed by atoms with Crippen LogP contribution in [0.15, 0.2) is 18.2 Å². The minimum absolute atomic E-state index is 0.148. The van der Waals surface area contributed by atoms with Gasteiger partial charge in [0.1, 0.15) is 11.5 Å². The second-order valence-electron chi connectivity index (χ2n) is 11.8. The first-order valence-electron chi connectivity index (χ1n) is 11.1. The van der Waals surface area contributed by atoms with Gasteiger partial charge in [-0.3, -0.25) is 0 Å². The average molecular weight is 434 g/mol. The van der Waals surface area contributed by atoms with Crippen LogP contribution in [0.5, 0.6) is 11.5 Å². The Morgan fingerprint density at radius 2 is 1.31 bits per heavy atom. The third kappa shape index (κ3) is 5.75. The van der Waals surface area contributed by atoms with Crippen molar-refractivity contribution < 1.29 is 8.85 Å². The quantitative estimate of drug-likeness (QED) is 0.476. The van der Waals surface area contributed by atoms with Crippen LogP contribution in [0, 0.1) is 5.41 Å². The van der Waals surface area contributed by atoms with Crippen LogP contribution in [0.3, 0.4) is 0 Å². The fourth-order valence-corrected chi connectivity index (χ4v) is 5.21. The highest BCUT2D eigenvalue weighted by Gasteiger charge is 2.41. The number of nitrogens with one attached hydrogen (secondary N) is 1. The van der Waals surface area contributed by atoms with Crippen molar-refractivity contribution in [3.05, 3.63) is 23.8 Å². The normalized spacial score (nSPS) is 19.2. The van der Waals surface area contributed by atoms with E-state index in [1.165, 1.54) is 5.56 Å². The Balaban J connectivity index is 2.42. The van der Waals surface area contributed by atoms with E-state index in [2.05, 4.69) is 85.9 Å². The zero-order valence-corrected chi connectivity index (χ0v) is 22.5. The van der Waals surface area contributed by atoms with Crippen LogP contribution in [-0.4, -0.2) is 22.3 Å². The van der Waals surface area contributed by atoms with Crippen molar-refractivity contribution in [2.45, 2.75) is 109 Å². The fraction of sp³-hybridized carbons (Fsp3) is 0.708. The Bertz CT molecular complexity index is 732. The first-order chi connectivity index (χ1) is 13.0. The van der Waals surface area contributed by atoms with Gasteiger partial charge < -0.3 is 14.3 Å². The van der Waals surface area contributed by atoms with Crippen molar-refractivity contribution in [2.24, 2.45) is 0 Å². The molecule has 5 heteroatoms. The predicted octanol–water partition coefficient (Wildman–Crippen LogP) is 8.13. The van der Waals surface area contributed by atoms with Gasteiger partial charge >= 0.3 is 0 Å². The number of hydrogen-bond acceptors (Lipinski definition) is 3. The summed E-state index contributed by atoms with van der Waals surface area (Å²) < 4.78 is 13.4. The van der Waals surface area contributed by atoms with Crippen LogP contribution in [0.4, 0.5) is 0 Å². The zero-order valence-electron chi connectivity index (χ0n) is 20.5. The summed E-state index contributed by atoms with van der Waals surface area (Å²) in [6.45, 7) is 22.9. The minimum atomic E-state index is -1.96. The summed E-state index contributed by atoms with van der Waals surface area (Å²) in [5.41, 5.74) is 2.20. The molecule has 0 aromatic heterocycles. The molecule has 0 heterocycles. The Kier molecular flexibility index (Phi) is 6.86. The topological polar surface area (TPSA) is 42.3 Å². The van der Waals surface area contributed by atoms with Crippen molar-refractivity contribution in [1.82, 2.24) is 0 Å². The number of benzene rings is 1. The lowest BCUT2D eigenvalue weighted by Crippen LogP contribution is -2.44. The maximum atomic E-state index is 7.97. The third-order valence-corrected chi connectivity index (χ3v) is 16.1. The van der Waals surface area contributed by atoms with Crippen LogP contribution in [0.2, 0.25) is 36.3 Å². The van der Waals surface area contributed by atoms with E-state index in [0.29, 0.717) is 5.92 Å². The lowest BCUT2D eigenvalue weighted by molar-refractivity contribution is 0.460. The molecule has 1 aromatic rings. The summed E-state index contributed by atoms with van der Waals surface area (Å²) in [4.78, 5) is 0. The number of rotatable bonds is 5. The van der Waals surface area contributed by atoms with Crippen LogP contribution >= 0.6 is 0 Å². The molecule has 164 valence electrons. The Labute approximate surface area is 181 Å². The van der Waals surface area contributed by atoms with Crippen molar-refractivity contribution >= 4 is 22.3 Å². The summed E-state index contributed by atoms with van der Waals surface area (Å²) in [6.07, 6.45) is 3.92.